The first-order chi connectivity index (χ1) is 25.3. The van der Waals surface area contributed by atoms with Crippen molar-refractivity contribution < 1.29 is 0 Å². The zero-order valence-electron chi connectivity index (χ0n) is 27.5. The van der Waals surface area contributed by atoms with Crippen LogP contribution in [0.1, 0.15) is 0 Å². The van der Waals surface area contributed by atoms with Crippen LogP contribution in [-0.4, -0.2) is 23.7 Å². The van der Waals surface area contributed by atoms with Gasteiger partial charge in [0.1, 0.15) is 0 Å². The van der Waals surface area contributed by atoms with Gasteiger partial charge in [0.15, 0.2) is 0 Å². The molecule has 0 aliphatic rings. The number of hydrogen-bond acceptors (Lipinski definition) is 2. The fraction of sp³-hybridized carbons (Fsp3) is 0. The first kappa shape index (κ1) is 27.9. The lowest BCUT2D eigenvalue weighted by molar-refractivity contribution is 0.991. The second-order valence-electron chi connectivity index (χ2n) is 13.1. The van der Waals surface area contributed by atoms with Crippen LogP contribution in [0, 0.1) is 0 Å². The lowest BCUT2D eigenvalue weighted by atomic mass is 10.1. The Morgan fingerprint density at radius 3 is 1.27 bits per heavy atom. The van der Waals surface area contributed by atoms with Crippen molar-refractivity contribution in [1.82, 2.24) is 23.7 Å². The van der Waals surface area contributed by atoms with Crippen molar-refractivity contribution >= 4 is 65.4 Å². The Hall–Kier alpha value is -6.98. The van der Waals surface area contributed by atoms with Crippen molar-refractivity contribution in [3.05, 3.63) is 176 Å². The summed E-state index contributed by atoms with van der Waals surface area (Å²) in [5.74, 6) is 0.648. The minimum absolute atomic E-state index is 0.648. The second kappa shape index (κ2) is 10.8. The maximum atomic E-state index is 5.17. The Kier molecular flexibility index (Phi) is 5.89. The van der Waals surface area contributed by atoms with E-state index in [4.69, 9.17) is 9.97 Å². The number of hydrogen-bond donors (Lipinski definition) is 0. The van der Waals surface area contributed by atoms with Crippen LogP contribution in [0.3, 0.4) is 0 Å². The molecular formula is C46H29N5. The molecule has 0 saturated heterocycles. The second-order valence-corrected chi connectivity index (χ2v) is 13.1. The topological polar surface area (TPSA) is 40.6 Å². The molecule has 0 fully saturated rings. The van der Waals surface area contributed by atoms with Crippen LogP contribution in [0.5, 0.6) is 0 Å². The maximum absolute atomic E-state index is 5.17. The van der Waals surface area contributed by atoms with Crippen molar-refractivity contribution in [2.45, 2.75) is 0 Å². The smallest absolute Gasteiger partial charge is 0.235 e. The van der Waals surface area contributed by atoms with E-state index in [1.807, 2.05) is 12.3 Å². The lowest BCUT2D eigenvalue weighted by Gasteiger charge is -2.11. The molecule has 11 aromatic rings. The molecule has 0 atom stereocenters. The summed E-state index contributed by atoms with van der Waals surface area (Å²) in [7, 11) is 0. The third-order valence-corrected chi connectivity index (χ3v) is 10.3. The molecule has 5 heteroatoms. The first-order valence-corrected chi connectivity index (χ1v) is 17.3. The first-order valence-electron chi connectivity index (χ1n) is 17.3. The summed E-state index contributed by atoms with van der Waals surface area (Å²) < 4.78 is 6.90. The molecule has 0 saturated carbocycles. The van der Waals surface area contributed by atoms with Gasteiger partial charge in [0.2, 0.25) is 5.95 Å². The summed E-state index contributed by atoms with van der Waals surface area (Å²) in [6.45, 7) is 0. The quantitative estimate of drug-likeness (QED) is 0.190. The molecule has 0 amide bonds. The van der Waals surface area contributed by atoms with Gasteiger partial charge in [-0.3, -0.25) is 4.57 Å². The molecule has 238 valence electrons. The molecule has 0 aliphatic heterocycles. The molecule has 4 aromatic heterocycles. The highest BCUT2D eigenvalue weighted by molar-refractivity contribution is 6.12. The highest BCUT2D eigenvalue weighted by Gasteiger charge is 2.18. The van der Waals surface area contributed by atoms with Gasteiger partial charge in [-0.2, -0.15) is 0 Å². The number of aromatic nitrogens is 5. The predicted octanol–water partition coefficient (Wildman–Crippen LogP) is 11.4. The zero-order valence-corrected chi connectivity index (χ0v) is 27.5. The lowest BCUT2D eigenvalue weighted by Crippen LogP contribution is -2.02. The summed E-state index contributed by atoms with van der Waals surface area (Å²) in [6.07, 6.45) is 1.87. The number of rotatable bonds is 4. The van der Waals surface area contributed by atoms with Gasteiger partial charge in [0.25, 0.3) is 0 Å². The van der Waals surface area contributed by atoms with E-state index in [9.17, 15) is 0 Å². The van der Waals surface area contributed by atoms with E-state index in [1.165, 1.54) is 49.0 Å². The van der Waals surface area contributed by atoms with Gasteiger partial charge in [0.05, 0.1) is 38.8 Å². The standard InChI is InChI=1S/C46H29N5/c1-6-16-40-33(11-1)34-12-2-7-17-41(34)49(40)31-23-21-30(22-24-31)39-27-28-47-46(48-39)51-44-20-10-5-15-37(44)38-29-32(25-26-45(38)51)50-42-18-8-3-13-35(42)36-14-4-9-19-43(36)50/h1-29H. The van der Waals surface area contributed by atoms with Crippen LogP contribution in [0.4, 0.5) is 0 Å². The molecule has 0 aliphatic carbocycles. The molecule has 0 unspecified atom stereocenters. The van der Waals surface area contributed by atoms with Gasteiger partial charge in [-0.25, -0.2) is 9.97 Å². The van der Waals surface area contributed by atoms with E-state index in [2.05, 4.69) is 177 Å². The molecule has 0 spiro atoms. The van der Waals surface area contributed by atoms with E-state index < -0.39 is 0 Å². The van der Waals surface area contributed by atoms with Crippen molar-refractivity contribution in [3.8, 4) is 28.6 Å². The van der Waals surface area contributed by atoms with Crippen LogP contribution >= 0.6 is 0 Å². The Morgan fingerprint density at radius 1 is 0.333 bits per heavy atom. The summed E-state index contributed by atoms with van der Waals surface area (Å²) >= 11 is 0. The third kappa shape index (κ3) is 4.09. The third-order valence-electron chi connectivity index (χ3n) is 10.3. The highest BCUT2D eigenvalue weighted by atomic mass is 15.2. The largest absolute Gasteiger partial charge is 0.309 e. The SMILES string of the molecule is c1ccc2c(c1)c1ccccc1n2-c1ccc(-c2ccnc(-n3c4ccccc4c4cc(-n5c6ccccc6c6ccccc65)ccc43)n2)cc1. The monoisotopic (exact) mass is 651 g/mol. The number of fused-ring (bicyclic) bond motifs is 9. The van der Waals surface area contributed by atoms with E-state index in [0.29, 0.717) is 5.95 Å². The fourth-order valence-electron chi connectivity index (χ4n) is 8.12. The molecule has 51 heavy (non-hydrogen) atoms. The minimum atomic E-state index is 0.648. The molecule has 0 N–H and O–H groups in total. The van der Waals surface area contributed by atoms with Crippen molar-refractivity contribution in [1.29, 1.82) is 0 Å². The van der Waals surface area contributed by atoms with E-state index in [1.54, 1.807) is 0 Å². The number of para-hydroxylation sites is 5. The van der Waals surface area contributed by atoms with Crippen LogP contribution in [0.15, 0.2) is 176 Å². The van der Waals surface area contributed by atoms with Crippen molar-refractivity contribution in [2.75, 3.05) is 0 Å². The van der Waals surface area contributed by atoms with Crippen molar-refractivity contribution in [2.24, 2.45) is 0 Å². The summed E-state index contributed by atoms with van der Waals surface area (Å²) in [4.78, 5) is 10.0. The number of benzene rings is 7. The van der Waals surface area contributed by atoms with Gasteiger partial charge >= 0.3 is 0 Å². The molecule has 0 bridgehead atoms. The molecule has 7 aromatic carbocycles. The van der Waals surface area contributed by atoms with Gasteiger partial charge in [-0.05, 0) is 66.7 Å². The van der Waals surface area contributed by atoms with Crippen LogP contribution in [0.2, 0.25) is 0 Å². The Balaban J connectivity index is 1.04. The van der Waals surface area contributed by atoms with Crippen LogP contribution < -0.4 is 0 Å². The Labute approximate surface area is 292 Å². The van der Waals surface area contributed by atoms with E-state index >= 15 is 0 Å². The average Bonchev–Trinajstić information content (AvgIpc) is 3.84. The highest BCUT2D eigenvalue weighted by Crippen LogP contribution is 2.37. The molecule has 0 radical (unpaired) electrons. The van der Waals surface area contributed by atoms with E-state index in [-0.39, 0.29) is 0 Å². The molecule has 5 nitrogen and oxygen atoms in total. The molecule has 4 heterocycles. The van der Waals surface area contributed by atoms with Crippen LogP contribution in [0.25, 0.3) is 94.0 Å². The average molecular weight is 652 g/mol. The fourth-order valence-corrected chi connectivity index (χ4v) is 8.12. The number of nitrogens with zero attached hydrogens (tertiary/aromatic N) is 5. The van der Waals surface area contributed by atoms with Crippen LogP contribution in [-0.2, 0) is 0 Å². The normalized spacial score (nSPS) is 11.9. The van der Waals surface area contributed by atoms with Gasteiger partial charge in [-0.15, -0.1) is 0 Å². The Morgan fingerprint density at radius 2 is 0.745 bits per heavy atom. The van der Waals surface area contributed by atoms with Gasteiger partial charge in [-0.1, -0.05) is 103 Å². The van der Waals surface area contributed by atoms with Gasteiger partial charge in [0, 0.05) is 55.5 Å². The summed E-state index contributed by atoms with van der Waals surface area (Å²) in [5.41, 5.74) is 11.1. The summed E-state index contributed by atoms with van der Waals surface area (Å²) in [6, 6.07) is 60.5. The molecular weight excluding hydrogens is 623 g/mol. The zero-order chi connectivity index (χ0) is 33.5. The predicted molar refractivity (Wildman–Crippen MR) is 210 cm³/mol. The maximum Gasteiger partial charge on any atom is 0.235 e. The van der Waals surface area contributed by atoms with Gasteiger partial charge < -0.3 is 9.13 Å². The molecule has 11 rings (SSSR count). The summed E-state index contributed by atoms with van der Waals surface area (Å²) in [5, 5.41) is 7.35. The van der Waals surface area contributed by atoms with Crippen molar-refractivity contribution in [3.63, 3.8) is 0 Å². The minimum Gasteiger partial charge on any atom is -0.309 e. The van der Waals surface area contributed by atoms with E-state index in [0.717, 1.165) is 39.1 Å². The Bertz CT molecular complexity index is 3030.